The van der Waals surface area contributed by atoms with Crippen LogP contribution in [0.2, 0.25) is 0 Å². The molecule has 1 N–H and O–H groups in total. The lowest BCUT2D eigenvalue weighted by Crippen LogP contribution is -2.33. The van der Waals surface area contributed by atoms with Crippen molar-refractivity contribution in [3.8, 4) is 11.5 Å². The van der Waals surface area contributed by atoms with Gasteiger partial charge in [-0.15, -0.1) is 11.8 Å². The summed E-state index contributed by atoms with van der Waals surface area (Å²) in [5.41, 5.74) is 1.17. The van der Waals surface area contributed by atoms with E-state index in [-0.39, 0.29) is 0 Å². The van der Waals surface area contributed by atoms with Crippen LogP contribution < -0.4 is 14.8 Å². The summed E-state index contributed by atoms with van der Waals surface area (Å²) in [5.74, 6) is 2.98. The average Bonchev–Trinajstić information content (AvgIpc) is 2.38. The van der Waals surface area contributed by atoms with E-state index in [0.717, 1.165) is 11.5 Å². The lowest BCUT2D eigenvalue weighted by Gasteiger charge is -2.29. The monoisotopic (exact) mass is 253 g/mol. The lowest BCUT2D eigenvalue weighted by atomic mass is 10.1. The molecule has 1 fully saturated rings. The molecular weight excluding hydrogens is 234 g/mol. The van der Waals surface area contributed by atoms with E-state index in [1.54, 1.807) is 14.2 Å². The fraction of sp³-hybridized carbons (Fsp3) is 0.538. The molecule has 1 heterocycles. The Morgan fingerprint density at radius 2 is 2.12 bits per heavy atom. The Morgan fingerprint density at radius 3 is 2.76 bits per heavy atom. The Morgan fingerprint density at radius 1 is 1.29 bits per heavy atom. The minimum atomic E-state index is 0.295. The molecule has 0 aromatic heterocycles. The molecule has 94 valence electrons. The molecule has 0 amide bonds. The highest BCUT2D eigenvalue weighted by Gasteiger charge is 2.23. The maximum Gasteiger partial charge on any atom is 0.124 e. The van der Waals surface area contributed by atoms with Crippen LogP contribution in [0.25, 0.3) is 0 Å². The van der Waals surface area contributed by atoms with Crippen molar-refractivity contribution in [3.05, 3.63) is 23.8 Å². The summed E-state index contributed by atoms with van der Waals surface area (Å²) in [4.78, 5) is 0. The van der Waals surface area contributed by atoms with Gasteiger partial charge in [0, 0.05) is 11.6 Å². The van der Waals surface area contributed by atoms with E-state index in [4.69, 9.17) is 9.47 Å². The molecule has 0 aliphatic carbocycles. The number of thioether (sulfide) groups is 1. The van der Waals surface area contributed by atoms with Gasteiger partial charge < -0.3 is 9.47 Å². The summed E-state index contributed by atoms with van der Waals surface area (Å²) in [6.07, 6.45) is 1.22. The second-order valence-corrected chi connectivity index (χ2v) is 5.43. The van der Waals surface area contributed by atoms with Crippen LogP contribution in [0.3, 0.4) is 0 Å². The summed E-state index contributed by atoms with van der Waals surface area (Å²) in [7, 11) is 3.40. The molecule has 3 nitrogen and oxygen atoms in total. The van der Waals surface area contributed by atoms with Gasteiger partial charge in [0.2, 0.25) is 0 Å². The molecule has 1 aliphatic rings. The van der Waals surface area contributed by atoms with Gasteiger partial charge in [-0.25, -0.2) is 0 Å². The van der Waals surface area contributed by atoms with Crippen LogP contribution in [0.4, 0.5) is 0 Å². The van der Waals surface area contributed by atoms with Gasteiger partial charge >= 0.3 is 0 Å². The maximum atomic E-state index is 5.42. The van der Waals surface area contributed by atoms with Gasteiger partial charge in [0.15, 0.2) is 0 Å². The quantitative estimate of drug-likeness (QED) is 0.897. The Labute approximate surface area is 107 Å². The molecule has 0 saturated carbocycles. The first-order valence-electron chi connectivity index (χ1n) is 5.84. The highest BCUT2D eigenvalue weighted by atomic mass is 32.2. The lowest BCUT2D eigenvalue weighted by molar-refractivity contribution is 0.393. The molecule has 2 rings (SSSR count). The summed E-state index contributed by atoms with van der Waals surface area (Å²) in [6, 6.07) is 6.51. The Hall–Kier alpha value is -0.870. The van der Waals surface area contributed by atoms with Crippen molar-refractivity contribution in [2.75, 3.05) is 20.0 Å². The molecular formula is C13H19NO2S. The Balaban J connectivity index is 2.27. The maximum absolute atomic E-state index is 5.42. The molecule has 1 aromatic rings. The second-order valence-electron chi connectivity index (χ2n) is 4.22. The third-order valence-corrected chi connectivity index (χ3v) is 4.19. The highest BCUT2D eigenvalue weighted by Crippen LogP contribution is 2.38. The van der Waals surface area contributed by atoms with Gasteiger partial charge in [0.05, 0.1) is 19.6 Å². The zero-order valence-electron chi connectivity index (χ0n) is 10.5. The second kappa shape index (κ2) is 5.65. The minimum Gasteiger partial charge on any atom is -0.497 e. The molecule has 1 aromatic carbocycles. The van der Waals surface area contributed by atoms with E-state index in [0.29, 0.717) is 11.4 Å². The van der Waals surface area contributed by atoms with Crippen LogP contribution in [0, 0.1) is 0 Å². The number of hydrogen-bond donors (Lipinski definition) is 1. The standard InChI is InChI=1S/C13H19NO2S/c1-9-6-7-17-13(14-9)11-8-10(15-2)4-5-12(11)16-3/h4-5,8-9,13-14H,6-7H2,1-3H3. The van der Waals surface area contributed by atoms with Gasteiger partial charge in [-0.3, -0.25) is 5.32 Å². The number of benzene rings is 1. The summed E-state index contributed by atoms with van der Waals surface area (Å²) in [5, 5.41) is 3.88. The first-order valence-corrected chi connectivity index (χ1v) is 6.89. The summed E-state index contributed by atoms with van der Waals surface area (Å²) in [6.45, 7) is 2.22. The van der Waals surface area contributed by atoms with Gasteiger partial charge in [-0.2, -0.15) is 0 Å². The van der Waals surface area contributed by atoms with Crippen molar-refractivity contribution in [1.82, 2.24) is 5.32 Å². The van der Waals surface area contributed by atoms with Crippen molar-refractivity contribution >= 4 is 11.8 Å². The van der Waals surface area contributed by atoms with Crippen LogP contribution in [0.5, 0.6) is 11.5 Å². The van der Waals surface area contributed by atoms with Gasteiger partial charge in [-0.1, -0.05) is 0 Å². The average molecular weight is 253 g/mol. The minimum absolute atomic E-state index is 0.295. The predicted octanol–water partition coefficient (Wildman–Crippen LogP) is 2.82. The van der Waals surface area contributed by atoms with Gasteiger partial charge in [-0.05, 0) is 37.3 Å². The largest absolute Gasteiger partial charge is 0.497 e. The number of ether oxygens (including phenoxy) is 2. The van der Waals surface area contributed by atoms with Crippen molar-refractivity contribution < 1.29 is 9.47 Å². The number of methoxy groups -OCH3 is 2. The van der Waals surface area contributed by atoms with E-state index in [1.165, 1.54) is 17.7 Å². The molecule has 1 aliphatic heterocycles. The third kappa shape index (κ3) is 2.87. The number of hydrogen-bond acceptors (Lipinski definition) is 4. The number of nitrogens with one attached hydrogen (secondary N) is 1. The molecule has 0 bridgehead atoms. The SMILES string of the molecule is COc1ccc(OC)c(C2NC(C)CCS2)c1. The van der Waals surface area contributed by atoms with Crippen molar-refractivity contribution in [2.24, 2.45) is 0 Å². The predicted molar refractivity (Wildman–Crippen MR) is 72.0 cm³/mol. The van der Waals surface area contributed by atoms with Crippen molar-refractivity contribution in [3.63, 3.8) is 0 Å². The van der Waals surface area contributed by atoms with E-state index in [1.807, 2.05) is 23.9 Å². The molecule has 17 heavy (non-hydrogen) atoms. The highest BCUT2D eigenvalue weighted by molar-refractivity contribution is 7.99. The fourth-order valence-corrected chi connectivity index (χ4v) is 3.39. The molecule has 0 radical (unpaired) electrons. The van der Waals surface area contributed by atoms with Gasteiger partial charge in [0.1, 0.15) is 11.5 Å². The van der Waals surface area contributed by atoms with E-state index < -0.39 is 0 Å². The van der Waals surface area contributed by atoms with Crippen LogP contribution in [0.1, 0.15) is 24.3 Å². The first kappa shape index (κ1) is 12.6. The molecule has 2 unspecified atom stereocenters. The van der Waals surface area contributed by atoms with Gasteiger partial charge in [0.25, 0.3) is 0 Å². The van der Waals surface area contributed by atoms with Crippen LogP contribution in [-0.2, 0) is 0 Å². The third-order valence-electron chi connectivity index (χ3n) is 2.99. The van der Waals surface area contributed by atoms with Crippen LogP contribution in [-0.4, -0.2) is 26.0 Å². The normalized spacial score (nSPS) is 24.4. The Bertz CT molecular complexity index is 384. The van der Waals surface area contributed by atoms with E-state index in [9.17, 15) is 0 Å². The zero-order chi connectivity index (χ0) is 12.3. The summed E-state index contributed by atoms with van der Waals surface area (Å²) < 4.78 is 10.7. The first-order chi connectivity index (χ1) is 8.24. The van der Waals surface area contributed by atoms with E-state index in [2.05, 4.69) is 18.3 Å². The van der Waals surface area contributed by atoms with Crippen LogP contribution >= 0.6 is 11.8 Å². The Kier molecular flexibility index (Phi) is 4.18. The van der Waals surface area contributed by atoms with Crippen LogP contribution in [0.15, 0.2) is 18.2 Å². The number of rotatable bonds is 3. The molecule has 1 saturated heterocycles. The van der Waals surface area contributed by atoms with Crippen molar-refractivity contribution in [1.29, 1.82) is 0 Å². The zero-order valence-corrected chi connectivity index (χ0v) is 11.3. The molecule has 4 heteroatoms. The molecule has 2 atom stereocenters. The smallest absolute Gasteiger partial charge is 0.124 e. The molecule has 0 spiro atoms. The van der Waals surface area contributed by atoms with E-state index >= 15 is 0 Å². The van der Waals surface area contributed by atoms with Crippen molar-refractivity contribution in [2.45, 2.75) is 24.8 Å². The summed E-state index contributed by atoms with van der Waals surface area (Å²) >= 11 is 1.92. The fourth-order valence-electron chi connectivity index (χ4n) is 1.98. The topological polar surface area (TPSA) is 30.5 Å².